The molecule has 6 nitrogen and oxygen atoms in total. The van der Waals surface area contributed by atoms with Gasteiger partial charge in [0.15, 0.2) is 0 Å². The Morgan fingerprint density at radius 1 is 1.25 bits per heavy atom. The zero-order chi connectivity index (χ0) is 9.45. The number of aliphatic hydroxyl groups excluding tert-OH is 2. The van der Waals surface area contributed by atoms with Crippen LogP contribution in [-0.4, -0.2) is 45.0 Å². The van der Waals surface area contributed by atoms with Gasteiger partial charge >= 0.3 is 10.3 Å². The lowest BCUT2D eigenvalue weighted by molar-refractivity contribution is 0.232. The van der Waals surface area contributed by atoms with Crippen LogP contribution in [0.25, 0.3) is 0 Å². The molecule has 0 atom stereocenters. The quantitative estimate of drug-likeness (QED) is 0.421. The van der Waals surface area contributed by atoms with E-state index >= 15 is 0 Å². The maximum atomic E-state index is 10.7. The molecule has 12 heavy (non-hydrogen) atoms. The number of nitrogens with one attached hydrogen (secondary N) is 1. The van der Waals surface area contributed by atoms with Crippen LogP contribution in [0, 0.1) is 0 Å². The van der Waals surface area contributed by atoms with Crippen molar-refractivity contribution in [3.63, 3.8) is 0 Å². The Hall–Kier alpha value is -0.210. The summed E-state index contributed by atoms with van der Waals surface area (Å²) in [5.41, 5.74) is 0. The molecule has 0 aromatic heterocycles. The molecule has 0 saturated carbocycles. The summed E-state index contributed by atoms with van der Waals surface area (Å²) in [7, 11) is -3.74. The molecule has 0 radical (unpaired) electrons. The molecule has 0 unspecified atom stereocenters. The Kier molecular flexibility index (Phi) is 6.21. The van der Waals surface area contributed by atoms with Crippen LogP contribution < -0.4 is 4.72 Å². The first-order valence-corrected chi connectivity index (χ1v) is 4.89. The molecule has 0 aliphatic carbocycles. The number of aliphatic hydroxyl groups is 2. The molecule has 7 heteroatoms. The predicted octanol–water partition coefficient (Wildman–Crippen LogP) is -1.79. The largest absolute Gasteiger partial charge is 0.396 e. The van der Waals surface area contributed by atoms with Crippen molar-refractivity contribution in [1.82, 2.24) is 4.72 Å². The second-order valence-corrected chi connectivity index (χ2v) is 3.40. The predicted molar refractivity (Wildman–Crippen MR) is 41.7 cm³/mol. The first-order valence-electron chi connectivity index (χ1n) is 3.48. The molecular formula is C5H13NO5S. The summed E-state index contributed by atoms with van der Waals surface area (Å²) in [5, 5.41) is 16.6. The van der Waals surface area contributed by atoms with Gasteiger partial charge in [0, 0.05) is 13.2 Å². The zero-order valence-electron chi connectivity index (χ0n) is 6.56. The van der Waals surface area contributed by atoms with Gasteiger partial charge in [0.2, 0.25) is 0 Å². The Morgan fingerprint density at radius 2 is 1.92 bits per heavy atom. The lowest BCUT2D eigenvalue weighted by atomic mass is 10.5. The van der Waals surface area contributed by atoms with Gasteiger partial charge < -0.3 is 10.2 Å². The van der Waals surface area contributed by atoms with Gasteiger partial charge in [-0.3, -0.25) is 4.18 Å². The van der Waals surface area contributed by atoms with E-state index in [-0.39, 0.29) is 32.8 Å². The third-order valence-corrected chi connectivity index (χ3v) is 1.97. The molecule has 0 fully saturated rings. The van der Waals surface area contributed by atoms with Crippen LogP contribution in [0.1, 0.15) is 6.42 Å². The molecule has 0 bridgehead atoms. The van der Waals surface area contributed by atoms with E-state index in [0.29, 0.717) is 0 Å². The molecule has 0 amide bonds. The maximum Gasteiger partial charge on any atom is 0.335 e. The van der Waals surface area contributed by atoms with Crippen LogP contribution in [0.2, 0.25) is 0 Å². The van der Waals surface area contributed by atoms with E-state index in [1.54, 1.807) is 0 Å². The van der Waals surface area contributed by atoms with Gasteiger partial charge in [0.1, 0.15) is 0 Å². The van der Waals surface area contributed by atoms with Gasteiger partial charge in [0.25, 0.3) is 0 Å². The third kappa shape index (κ3) is 6.50. The van der Waals surface area contributed by atoms with Gasteiger partial charge in [-0.2, -0.15) is 13.1 Å². The van der Waals surface area contributed by atoms with Crippen LogP contribution in [0.3, 0.4) is 0 Å². The smallest absolute Gasteiger partial charge is 0.335 e. The monoisotopic (exact) mass is 199 g/mol. The Bertz CT molecular complexity index is 190. The molecule has 0 spiro atoms. The van der Waals surface area contributed by atoms with E-state index in [4.69, 9.17) is 10.2 Å². The fraction of sp³-hybridized carbons (Fsp3) is 1.00. The Balaban J connectivity index is 3.58. The summed E-state index contributed by atoms with van der Waals surface area (Å²) in [5.74, 6) is 0. The maximum absolute atomic E-state index is 10.7. The fourth-order valence-electron chi connectivity index (χ4n) is 0.445. The molecule has 0 aromatic rings. The van der Waals surface area contributed by atoms with E-state index in [2.05, 4.69) is 4.18 Å². The van der Waals surface area contributed by atoms with Crippen LogP contribution in [0.5, 0.6) is 0 Å². The summed E-state index contributed by atoms with van der Waals surface area (Å²) in [6.07, 6.45) is 0.264. The summed E-state index contributed by atoms with van der Waals surface area (Å²) < 4.78 is 27.8. The minimum absolute atomic E-state index is 0.0583. The summed E-state index contributed by atoms with van der Waals surface area (Å²) in [6.45, 7) is -0.517. The number of hydrogen-bond acceptors (Lipinski definition) is 5. The SMILES string of the molecule is O=S(=O)(NCCO)OCCCO. The van der Waals surface area contributed by atoms with Crippen molar-refractivity contribution in [2.24, 2.45) is 0 Å². The standard InChI is InChI=1S/C5H13NO5S/c7-3-1-5-11-12(9,10)6-2-4-8/h6-8H,1-5H2. The molecule has 74 valence electrons. The van der Waals surface area contributed by atoms with Crippen molar-refractivity contribution in [3.8, 4) is 0 Å². The first-order chi connectivity index (χ1) is 5.62. The average molecular weight is 199 g/mol. The van der Waals surface area contributed by atoms with Crippen molar-refractivity contribution in [3.05, 3.63) is 0 Å². The van der Waals surface area contributed by atoms with Gasteiger partial charge in [-0.25, -0.2) is 0 Å². The third-order valence-electron chi connectivity index (χ3n) is 0.932. The van der Waals surface area contributed by atoms with Gasteiger partial charge in [-0.1, -0.05) is 0 Å². The van der Waals surface area contributed by atoms with Crippen molar-refractivity contribution < 1.29 is 22.8 Å². The van der Waals surface area contributed by atoms with Crippen LogP contribution >= 0.6 is 0 Å². The van der Waals surface area contributed by atoms with Crippen LogP contribution in [0.15, 0.2) is 0 Å². The highest BCUT2D eigenvalue weighted by Gasteiger charge is 2.07. The van der Waals surface area contributed by atoms with Gasteiger partial charge in [0.05, 0.1) is 13.2 Å². The highest BCUT2D eigenvalue weighted by molar-refractivity contribution is 7.84. The van der Waals surface area contributed by atoms with E-state index in [9.17, 15) is 8.42 Å². The topological polar surface area (TPSA) is 95.9 Å². The average Bonchev–Trinajstić information content (AvgIpc) is 2.01. The van der Waals surface area contributed by atoms with Crippen molar-refractivity contribution in [2.75, 3.05) is 26.4 Å². The van der Waals surface area contributed by atoms with E-state index in [1.165, 1.54) is 0 Å². The van der Waals surface area contributed by atoms with Crippen LogP contribution in [-0.2, 0) is 14.5 Å². The van der Waals surface area contributed by atoms with E-state index in [1.807, 2.05) is 4.72 Å². The molecule has 3 N–H and O–H groups in total. The molecule has 0 saturated heterocycles. The highest BCUT2D eigenvalue weighted by Crippen LogP contribution is 1.88. The van der Waals surface area contributed by atoms with Crippen molar-refractivity contribution in [2.45, 2.75) is 6.42 Å². The van der Waals surface area contributed by atoms with Crippen LogP contribution in [0.4, 0.5) is 0 Å². The number of rotatable bonds is 7. The second-order valence-electron chi connectivity index (χ2n) is 1.97. The lowest BCUT2D eigenvalue weighted by Gasteiger charge is -2.04. The Morgan fingerprint density at radius 3 is 2.42 bits per heavy atom. The van der Waals surface area contributed by atoms with E-state index < -0.39 is 10.3 Å². The van der Waals surface area contributed by atoms with E-state index in [0.717, 1.165) is 0 Å². The van der Waals surface area contributed by atoms with Gasteiger partial charge in [-0.15, -0.1) is 0 Å². The number of hydrogen-bond donors (Lipinski definition) is 3. The Labute approximate surface area is 71.4 Å². The summed E-state index contributed by atoms with van der Waals surface area (Å²) in [6, 6.07) is 0. The lowest BCUT2D eigenvalue weighted by Crippen LogP contribution is -2.28. The van der Waals surface area contributed by atoms with Crippen molar-refractivity contribution in [1.29, 1.82) is 0 Å². The first kappa shape index (κ1) is 11.8. The molecular weight excluding hydrogens is 186 g/mol. The molecule has 0 aliphatic heterocycles. The van der Waals surface area contributed by atoms with Crippen molar-refractivity contribution >= 4 is 10.3 Å². The minimum Gasteiger partial charge on any atom is -0.396 e. The molecule has 0 aliphatic rings. The minimum atomic E-state index is -3.74. The molecule has 0 rings (SSSR count). The molecule has 0 aromatic carbocycles. The second kappa shape index (κ2) is 6.32. The fourth-order valence-corrected chi connectivity index (χ4v) is 1.21. The summed E-state index contributed by atoms with van der Waals surface area (Å²) in [4.78, 5) is 0. The zero-order valence-corrected chi connectivity index (χ0v) is 7.38. The summed E-state index contributed by atoms with van der Waals surface area (Å²) >= 11 is 0. The normalized spacial score (nSPS) is 11.8. The van der Waals surface area contributed by atoms with Gasteiger partial charge in [-0.05, 0) is 6.42 Å². The highest BCUT2D eigenvalue weighted by atomic mass is 32.2. The molecule has 0 heterocycles.